The third-order valence-electron chi connectivity index (χ3n) is 3.98. The Morgan fingerprint density at radius 3 is 2.65 bits per heavy atom. The summed E-state index contributed by atoms with van der Waals surface area (Å²) in [6, 6.07) is 7.19. The summed E-state index contributed by atoms with van der Waals surface area (Å²) in [5.41, 5.74) is 0.586. The van der Waals surface area contributed by atoms with Crippen LogP contribution < -0.4 is 5.32 Å². The monoisotopic (exact) mass is 339 g/mol. The Morgan fingerprint density at radius 1 is 1.17 bits per heavy atom. The lowest BCUT2D eigenvalue weighted by Gasteiger charge is -2.12. The van der Waals surface area contributed by atoms with E-state index in [1.165, 1.54) is 33.9 Å². The quantitative estimate of drug-likeness (QED) is 0.872. The molecule has 0 bridgehead atoms. The summed E-state index contributed by atoms with van der Waals surface area (Å²) in [6.07, 6.45) is -0.180. The molecule has 1 N–H and O–H groups in total. The normalized spacial score (nSPS) is 14.4. The minimum absolute atomic E-state index is 0.0784. The first-order chi connectivity index (χ1) is 10.9. The Bertz CT molecular complexity index is 697. The van der Waals surface area contributed by atoms with E-state index in [0.29, 0.717) is 4.88 Å². The lowest BCUT2D eigenvalue weighted by molar-refractivity contribution is -0.138. The van der Waals surface area contributed by atoms with Crippen LogP contribution in [0, 0.1) is 0 Å². The number of aryl methyl sites for hydroxylation is 2. The predicted molar refractivity (Wildman–Crippen MR) is 83.6 cm³/mol. The predicted octanol–water partition coefficient (Wildman–Crippen LogP) is 4.58. The Labute approximate surface area is 136 Å². The maximum atomic E-state index is 12.9. The molecule has 0 fully saturated rings. The third-order valence-corrected chi connectivity index (χ3v) is 5.22. The van der Waals surface area contributed by atoms with Crippen LogP contribution >= 0.6 is 11.3 Å². The average molecular weight is 339 g/mol. The number of rotatable bonds is 3. The van der Waals surface area contributed by atoms with Gasteiger partial charge in [0.2, 0.25) is 0 Å². The van der Waals surface area contributed by atoms with E-state index in [1.54, 1.807) is 6.07 Å². The standard InChI is InChI=1S/C17H16F3NOS/c18-17(19,20)13-7-3-1-6-12(13)10-21-16(22)15-9-11-5-2-4-8-14(11)23-15/h1,3,6-7,9H,2,4-5,8,10H2,(H,21,22). The van der Waals surface area contributed by atoms with E-state index in [4.69, 9.17) is 0 Å². The second-order valence-electron chi connectivity index (χ2n) is 5.60. The fraction of sp³-hybridized carbons (Fsp3) is 0.353. The van der Waals surface area contributed by atoms with Gasteiger partial charge in [-0.25, -0.2) is 0 Å². The number of benzene rings is 1. The Morgan fingerprint density at radius 2 is 1.91 bits per heavy atom. The molecule has 0 aliphatic heterocycles. The number of hydrogen-bond donors (Lipinski definition) is 1. The number of nitrogens with one attached hydrogen (secondary N) is 1. The summed E-state index contributed by atoms with van der Waals surface area (Å²) < 4.78 is 38.8. The number of halogens is 3. The third kappa shape index (κ3) is 3.58. The summed E-state index contributed by atoms with van der Waals surface area (Å²) in [4.78, 5) is 14.0. The molecular weight excluding hydrogens is 323 g/mol. The maximum absolute atomic E-state index is 12.9. The molecule has 0 saturated heterocycles. The highest BCUT2D eigenvalue weighted by Crippen LogP contribution is 2.32. The van der Waals surface area contributed by atoms with Crippen LogP contribution in [0.5, 0.6) is 0 Å². The fourth-order valence-corrected chi connectivity index (χ4v) is 3.99. The van der Waals surface area contributed by atoms with E-state index in [-0.39, 0.29) is 18.0 Å². The molecular formula is C17H16F3NOS. The van der Waals surface area contributed by atoms with Crippen LogP contribution in [0.4, 0.5) is 13.2 Å². The lowest BCUT2D eigenvalue weighted by Crippen LogP contribution is -2.23. The van der Waals surface area contributed by atoms with Gasteiger partial charge in [-0.3, -0.25) is 4.79 Å². The number of carbonyl (C=O) groups is 1. The van der Waals surface area contributed by atoms with Crippen molar-refractivity contribution in [1.82, 2.24) is 5.32 Å². The van der Waals surface area contributed by atoms with Crippen molar-refractivity contribution in [2.45, 2.75) is 38.4 Å². The van der Waals surface area contributed by atoms with Crippen LogP contribution in [0.1, 0.15) is 44.1 Å². The van der Waals surface area contributed by atoms with Crippen molar-refractivity contribution in [3.8, 4) is 0 Å². The SMILES string of the molecule is O=C(NCc1ccccc1C(F)(F)F)c1cc2c(s1)CCCC2. The first kappa shape index (κ1) is 16.1. The minimum atomic E-state index is -4.41. The molecule has 1 heterocycles. The summed E-state index contributed by atoms with van der Waals surface area (Å²) in [7, 11) is 0. The molecule has 2 nitrogen and oxygen atoms in total. The van der Waals surface area contributed by atoms with Gasteiger partial charge in [0.25, 0.3) is 5.91 Å². The van der Waals surface area contributed by atoms with Gasteiger partial charge < -0.3 is 5.32 Å². The summed E-state index contributed by atoms with van der Waals surface area (Å²) >= 11 is 1.45. The van der Waals surface area contributed by atoms with E-state index in [1.807, 2.05) is 6.07 Å². The van der Waals surface area contributed by atoms with Crippen LogP contribution in [0.25, 0.3) is 0 Å². The van der Waals surface area contributed by atoms with E-state index < -0.39 is 11.7 Å². The molecule has 1 aromatic heterocycles. The molecule has 0 radical (unpaired) electrons. The van der Waals surface area contributed by atoms with Crippen molar-refractivity contribution in [1.29, 1.82) is 0 Å². The topological polar surface area (TPSA) is 29.1 Å². The van der Waals surface area contributed by atoms with Gasteiger partial charge in [-0.15, -0.1) is 11.3 Å². The smallest absolute Gasteiger partial charge is 0.347 e. The minimum Gasteiger partial charge on any atom is -0.347 e. The highest BCUT2D eigenvalue weighted by Gasteiger charge is 2.32. The summed E-state index contributed by atoms with van der Waals surface area (Å²) in [5.74, 6) is -0.304. The van der Waals surface area contributed by atoms with Crippen LogP contribution in [-0.2, 0) is 25.6 Å². The number of amides is 1. The Hall–Kier alpha value is -1.82. The molecule has 1 amide bonds. The molecule has 1 aliphatic rings. The number of thiophene rings is 1. The van der Waals surface area contributed by atoms with Crippen molar-refractivity contribution in [3.05, 3.63) is 56.8 Å². The molecule has 0 atom stereocenters. The summed E-state index contributed by atoms with van der Waals surface area (Å²) in [5, 5.41) is 2.61. The highest BCUT2D eigenvalue weighted by molar-refractivity contribution is 7.14. The molecule has 2 aromatic rings. The molecule has 23 heavy (non-hydrogen) atoms. The zero-order chi connectivity index (χ0) is 16.4. The molecule has 0 saturated carbocycles. The maximum Gasteiger partial charge on any atom is 0.416 e. The van der Waals surface area contributed by atoms with E-state index in [0.717, 1.165) is 31.7 Å². The van der Waals surface area contributed by atoms with E-state index in [9.17, 15) is 18.0 Å². The van der Waals surface area contributed by atoms with Crippen LogP contribution in [0.3, 0.4) is 0 Å². The second kappa shape index (κ2) is 6.35. The molecule has 0 unspecified atom stereocenters. The van der Waals surface area contributed by atoms with Crippen molar-refractivity contribution in [2.24, 2.45) is 0 Å². The van der Waals surface area contributed by atoms with Crippen molar-refractivity contribution in [2.75, 3.05) is 0 Å². The van der Waals surface area contributed by atoms with Crippen LogP contribution in [-0.4, -0.2) is 5.91 Å². The van der Waals surface area contributed by atoms with Gasteiger partial charge in [-0.05, 0) is 48.9 Å². The van der Waals surface area contributed by atoms with Crippen molar-refractivity contribution >= 4 is 17.2 Å². The van der Waals surface area contributed by atoms with Crippen LogP contribution in [0.2, 0.25) is 0 Å². The van der Waals surface area contributed by atoms with Gasteiger partial charge in [0.15, 0.2) is 0 Å². The Balaban J connectivity index is 1.71. The molecule has 1 aliphatic carbocycles. The second-order valence-corrected chi connectivity index (χ2v) is 6.74. The zero-order valence-electron chi connectivity index (χ0n) is 12.4. The summed E-state index contributed by atoms with van der Waals surface area (Å²) in [6.45, 7) is -0.128. The lowest BCUT2D eigenvalue weighted by atomic mass is 9.99. The first-order valence-electron chi connectivity index (χ1n) is 7.50. The molecule has 122 valence electrons. The van der Waals surface area contributed by atoms with E-state index >= 15 is 0 Å². The average Bonchev–Trinajstić information content (AvgIpc) is 2.96. The van der Waals surface area contributed by atoms with Gasteiger partial charge in [0.05, 0.1) is 10.4 Å². The number of fused-ring (bicyclic) bond motifs is 1. The number of carbonyl (C=O) groups excluding carboxylic acids is 1. The van der Waals surface area contributed by atoms with Gasteiger partial charge in [-0.2, -0.15) is 13.2 Å². The van der Waals surface area contributed by atoms with Crippen molar-refractivity contribution < 1.29 is 18.0 Å². The van der Waals surface area contributed by atoms with Crippen LogP contribution in [0.15, 0.2) is 30.3 Å². The van der Waals surface area contributed by atoms with Gasteiger partial charge in [-0.1, -0.05) is 18.2 Å². The Kier molecular flexibility index (Phi) is 4.43. The number of hydrogen-bond acceptors (Lipinski definition) is 2. The van der Waals surface area contributed by atoms with Gasteiger partial charge >= 0.3 is 6.18 Å². The highest BCUT2D eigenvalue weighted by atomic mass is 32.1. The molecule has 0 spiro atoms. The van der Waals surface area contributed by atoms with Crippen molar-refractivity contribution in [3.63, 3.8) is 0 Å². The molecule has 1 aromatic carbocycles. The first-order valence-corrected chi connectivity index (χ1v) is 8.31. The zero-order valence-corrected chi connectivity index (χ0v) is 13.2. The largest absolute Gasteiger partial charge is 0.416 e. The van der Waals surface area contributed by atoms with Gasteiger partial charge in [0.1, 0.15) is 0 Å². The fourth-order valence-electron chi connectivity index (χ4n) is 2.82. The van der Waals surface area contributed by atoms with E-state index in [2.05, 4.69) is 5.32 Å². The van der Waals surface area contributed by atoms with Gasteiger partial charge in [0, 0.05) is 11.4 Å². The molecule has 6 heteroatoms. The molecule has 3 rings (SSSR count). The number of alkyl halides is 3.